The monoisotopic (exact) mass is 522 g/mol. The van der Waals surface area contributed by atoms with Crippen LogP contribution in [0.15, 0.2) is 24.4 Å². The van der Waals surface area contributed by atoms with Gasteiger partial charge in [-0.15, -0.1) is 0 Å². The second-order valence-corrected chi connectivity index (χ2v) is 11.8. The molecule has 3 fully saturated rings. The Morgan fingerprint density at radius 2 is 2.11 bits per heavy atom. The normalized spacial score (nSPS) is 27.1. The van der Waals surface area contributed by atoms with Crippen LogP contribution in [-0.2, 0) is 4.79 Å². The zero-order valence-electron chi connectivity index (χ0n) is 21.7. The molecule has 2 atom stereocenters. The van der Waals surface area contributed by atoms with E-state index in [1.807, 2.05) is 32.0 Å². The molecule has 2 saturated heterocycles. The Hall–Kier alpha value is -2.89. The van der Waals surface area contributed by atoms with Gasteiger partial charge in [0.1, 0.15) is 11.9 Å². The molecule has 196 valence electrons. The average Bonchev–Trinajstić information content (AvgIpc) is 2.77. The van der Waals surface area contributed by atoms with Gasteiger partial charge in [0.25, 0.3) is 0 Å². The molecule has 9 heteroatoms. The third-order valence-corrected chi connectivity index (χ3v) is 9.08. The number of likely N-dealkylation sites (tertiary alicyclic amines) is 1. The van der Waals surface area contributed by atoms with Crippen LogP contribution in [0.2, 0.25) is 5.02 Å². The first-order valence-corrected chi connectivity index (χ1v) is 13.6. The summed E-state index contributed by atoms with van der Waals surface area (Å²) in [7, 11) is 0. The number of carboxylic acid groups (broad SMARTS) is 1. The van der Waals surface area contributed by atoms with Crippen molar-refractivity contribution in [2.24, 2.45) is 17.3 Å². The van der Waals surface area contributed by atoms with Gasteiger partial charge in [0.15, 0.2) is 11.5 Å². The van der Waals surface area contributed by atoms with Crippen LogP contribution in [-0.4, -0.2) is 58.2 Å². The molecule has 1 aromatic carbocycles. The van der Waals surface area contributed by atoms with Gasteiger partial charge in [0, 0.05) is 36.6 Å². The Morgan fingerprint density at radius 3 is 2.78 bits per heavy atom. The van der Waals surface area contributed by atoms with Crippen LogP contribution in [0.3, 0.4) is 0 Å². The molecule has 37 heavy (non-hydrogen) atoms. The Bertz CT molecular complexity index is 1220. The van der Waals surface area contributed by atoms with E-state index in [1.165, 1.54) is 6.42 Å². The number of halogens is 1. The maximum absolute atomic E-state index is 11.2. The van der Waals surface area contributed by atoms with Crippen molar-refractivity contribution < 1.29 is 9.90 Å². The third-order valence-electron chi connectivity index (χ3n) is 8.75. The molecule has 0 bridgehead atoms. The highest BCUT2D eigenvalue weighted by atomic mass is 35.5. The number of rotatable bonds is 7. The number of hydrogen-bond acceptors (Lipinski definition) is 7. The summed E-state index contributed by atoms with van der Waals surface area (Å²) in [4.78, 5) is 25.1. The van der Waals surface area contributed by atoms with Crippen molar-refractivity contribution in [1.29, 1.82) is 5.26 Å². The summed E-state index contributed by atoms with van der Waals surface area (Å²) >= 11 is 6.46. The number of nitrogens with one attached hydrogen (secondary N) is 1. The molecule has 0 spiro atoms. The lowest BCUT2D eigenvalue weighted by molar-refractivity contribution is -0.148. The van der Waals surface area contributed by atoms with Crippen LogP contribution in [0.25, 0.3) is 0 Å². The third kappa shape index (κ3) is 5.12. The zero-order valence-corrected chi connectivity index (χ0v) is 22.5. The molecule has 8 nitrogen and oxygen atoms in total. The number of carbonyl (C=O) groups is 1. The second kappa shape index (κ2) is 10.1. The summed E-state index contributed by atoms with van der Waals surface area (Å²) in [5.74, 6) is 0.917. The van der Waals surface area contributed by atoms with Gasteiger partial charge in [-0.05, 0) is 68.7 Å². The van der Waals surface area contributed by atoms with Gasteiger partial charge in [0.05, 0.1) is 18.2 Å². The van der Waals surface area contributed by atoms with Crippen LogP contribution >= 0.6 is 11.6 Å². The SMILES string of the molecule is Cc1ccc([C@@H](C)Nc2cnc(C#N)c(N3CC([C@@]4(C)CCCN(C5CC(C(=O)O)C5)C4)C3)n2)c(Cl)c1. The molecule has 2 aromatic rings. The van der Waals surface area contributed by atoms with Crippen molar-refractivity contribution in [2.45, 2.75) is 58.5 Å². The largest absolute Gasteiger partial charge is 0.481 e. The fourth-order valence-corrected chi connectivity index (χ4v) is 6.56. The van der Waals surface area contributed by atoms with Gasteiger partial charge in [-0.3, -0.25) is 9.69 Å². The maximum atomic E-state index is 11.2. The summed E-state index contributed by atoms with van der Waals surface area (Å²) < 4.78 is 0. The molecular weight excluding hydrogens is 488 g/mol. The Labute approximate surface area is 223 Å². The van der Waals surface area contributed by atoms with Crippen LogP contribution in [0.5, 0.6) is 0 Å². The van der Waals surface area contributed by atoms with Crippen molar-refractivity contribution in [3.8, 4) is 6.07 Å². The fourth-order valence-electron chi connectivity index (χ4n) is 6.16. The van der Waals surface area contributed by atoms with E-state index in [0.29, 0.717) is 34.3 Å². The first-order valence-electron chi connectivity index (χ1n) is 13.2. The number of carboxylic acids is 1. The first-order chi connectivity index (χ1) is 17.7. The van der Waals surface area contributed by atoms with Gasteiger partial charge in [0.2, 0.25) is 0 Å². The lowest BCUT2D eigenvalue weighted by Gasteiger charge is -2.55. The lowest BCUT2D eigenvalue weighted by atomic mass is 9.67. The summed E-state index contributed by atoms with van der Waals surface area (Å²) in [6.07, 6.45) is 5.47. The number of piperidine rings is 1. The zero-order chi connectivity index (χ0) is 26.3. The van der Waals surface area contributed by atoms with Crippen LogP contribution in [0.1, 0.15) is 62.4 Å². The number of nitriles is 1. The predicted molar refractivity (Wildman–Crippen MR) is 144 cm³/mol. The van der Waals surface area contributed by atoms with Crippen molar-refractivity contribution >= 4 is 29.2 Å². The lowest BCUT2D eigenvalue weighted by Crippen LogP contribution is -2.61. The highest BCUT2D eigenvalue weighted by molar-refractivity contribution is 6.31. The molecule has 5 rings (SSSR count). The molecule has 1 saturated carbocycles. The number of hydrogen-bond donors (Lipinski definition) is 2. The topological polar surface area (TPSA) is 105 Å². The van der Waals surface area contributed by atoms with E-state index < -0.39 is 5.97 Å². The van der Waals surface area contributed by atoms with E-state index in [9.17, 15) is 15.2 Å². The fraction of sp³-hybridized carbons (Fsp3) is 0.571. The smallest absolute Gasteiger partial charge is 0.306 e. The molecule has 3 aliphatic rings. The maximum Gasteiger partial charge on any atom is 0.306 e. The second-order valence-electron chi connectivity index (χ2n) is 11.4. The molecule has 2 aliphatic heterocycles. The van der Waals surface area contributed by atoms with Crippen LogP contribution < -0.4 is 10.2 Å². The van der Waals surface area contributed by atoms with Crippen molar-refractivity contribution in [3.63, 3.8) is 0 Å². The minimum Gasteiger partial charge on any atom is -0.481 e. The van der Waals surface area contributed by atoms with Crippen LogP contribution in [0, 0.1) is 35.5 Å². The summed E-state index contributed by atoms with van der Waals surface area (Å²) in [6, 6.07) is 8.56. The van der Waals surface area contributed by atoms with Crippen molar-refractivity contribution in [3.05, 3.63) is 46.2 Å². The first kappa shape index (κ1) is 25.7. The molecule has 0 unspecified atom stereocenters. The van der Waals surface area contributed by atoms with E-state index in [4.69, 9.17) is 16.6 Å². The van der Waals surface area contributed by atoms with Gasteiger partial charge in [-0.1, -0.05) is 30.7 Å². The van der Waals surface area contributed by atoms with Crippen molar-refractivity contribution in [1.82, 2.24) is 14.9 Å². The summed E-state index contributed by atoms with van der Waals surface area (Å²) in [5.41, 5.74) is 2.62. The van der Waals surface area contributed by atoms with E-state index >= 15 is 0 Å². The standard InChI is InChI=1S/C28H35ClN6O2/c1-17-5-6-22(23(29)9-17)18(2)32-25-13-31-24(12-30)26(33-25)35-14-20(15-35)28(3)7-4-8-34(16-28)21-10-19(11-21)27(36)37/h5-6,9,13,18-21H,4,7-8,10-11,14-16H2,1-3H3,(H,32,33)(H,36,37)/t18-,19?,21?,28+/m1/s1. The minimum absolute atomic E-state index is 0.0633. The highest BCUT2D eigenvalue weighted by Crippen LogP contribution is 2.45. The van der Waals surface area contributed by atoms with Gasteiger partial charge in [-0.2, -0.15) is 5.26 Å². The number of aromatic nitrogens is 2. The van der Waals surface area contributed by atoms with Crippen LogP contribution in [0.4, 0.5) is 11.6 Å². The number of benzene rings is 1. The average molecular weight is 523 g/mol. The Balaban J connectivity index is 1.23. The van der Waals surface area contributed by atoms with E-state index in [2.05, 4.69) is 33.1 Å². The van der Waals surface area contributed by atoms with E-state index in [0.717, 1.165) is 56.6 Å². The predicted octanol–water partition coefficient (Wildman–Crippen LogP) is 4.88. The summed E-state index contributed by atoms with van der Waals surface area (Å²) in [5, 5.41) is 23.0. The Morgan fingerprint density at radius 1 is 1.35 bits per heavy atom. The Kier molecular flexibility index (Phi) is 7.03. The number of aliphatic carboxylic acids is 1. The van der Waals surface area contributed by atoms with Crippen molar-refractivity contribution in [2.75, 3.05) is 36.4 Å². The molecule has 3 heterocycles. The van der Waals surface area contributed by atoms with E-state index in [-0.39, 0.29) is 17.4 Å². The molecule has 1 aromatic heterocycles. The molecule has 0 radical (unpaired) electrons. The van der Waals surface area contributed by atoms with E-state index in [1.54, 1.807) is 6.20 Å². The molecule has 2 N–H and O–H groups in total. The van der Waals surface area contributed by atoms with Gasteiger partial charge in [-0.25, -0.2) is 9.97 Å². The van der Waals surface area contributed by atoms with Gasteiger partial charge >= 0.3 is 5.97 Å². The quantitative estimate of drug-likeness (QED) is 0.529. The highest BCUT2D eigenvalue weighted by Gasteiger charge is 2.48. The number of anilines is 2. The summed E-state index contributed by atoms with van der Waals surface area (Å²) in [6.45, 7) is 10.2. The van der Waals surface area contributed by atoms with Gasteiger partial charge < -0.3 is 15.3 Å². The molecule has 1 aliphatic carbocycles. The molecule has 0 amide bonds. The minimum atomic E-state index is -0.659. The molecular formula is C28H35ClN6O2. The number of nitrogens with zero attached hydrogens (tertiary/aromatic N) is 5. The number of aryl methyl sites for hydroxylation is 1.